The zero-order valence-corrected chi connectivity index (χ0v) is 14.5. The van der Waals surface area contributed by atoms with Crippen LogP contribution in [-0.2, 0) is 12.0 Å². The van der Waals surface area contributed by atoms with E-state index < -0.39 is 0 Å². The van der Waals surface area contributed by atoms with Crippen molar-refractivity contribution in [2.45, 2.75) is 45.7 Å². The standard InChI is InChI=1S/C18H23N5O/c1-12(16-22-17(23-24-16)18(2,3)4)19-10-14-11-20-15(21-14)13-8-6-5-7-9-13/h5-9,11-12,19H,10H2,1-4H3,(H,20,21). The van der Waals surface area contributed by atoms with Crippen molar-refractivity contribution in [1.29, 1.82) is 0 Å². The topological polar surface area (TPSA) is 79.6 Å². The summed E-state index contributed by atoms with van der Waals surface area (Å²) in [6, 6.07) is 10.0. The molecule has 2 aromatic heterocycles. The third kappa shape index (κ3) is 3.71. The second kappa shape index (κ2) is 6.57. The van der Waals surface area contributed by atoms with E-state index in [4.69, 9.17) is 4.52 Å². The lowest BCUT2D eigenvalue weighted by atomic mass is 9.96. The molecular weight excluding hydrogens is 302 g/mol. The average Bonchev–Trinajstić information content (AvgIpc) is 3.22. The molecule has 0 bridgehead atoms. The number of hydrogen-bond donors (Lipinski definition) is 2. The van der Waals surface area contributed by atoms with Crippen LogP contribution in [0.25, 0.3) is 11.4 Å². The van der Waals surface area contributed by atoms with Crippen LogP contribution < -0.4 is 5.32 Å². The molecule has 0 aliphatic heterocycles. The molecule has 3 rings (SSSR count). The number of aromatic amines is 1. The van der Waals surface area contributed by atoms with Gasteiger partial charge in [-0.3, -0.25) is 0 Å². The maximum atomic E-state index is 5.37. The Labute approximate surface area is 141 Å². The number of nitrogens with one attached hydrogen (secondary N) is 2. The molecule has 1 atom stereocenters. The normalized spacial score (nSPS) is 13.2. The van der Waals surface area contributed by atoms with Crippen LogP contribution in [0, 0.1) is 0 Å². The molecule has 0 amide bonds. The maximum Gasteiger partial charge on any atom is 0.243 e. The van der Waals surface area contributed by atoms with Gasteiger partial charge in [-0.05, 0) is 6.92 Å². The van der Waals surface area contributed by atoms with Crippen LogP contribution in [0.5, 0.6) is 0 Å². The van der Waals surface area contributed by atoms with Crippen molar-refractivity contribution in [3.8, 4) is 11.4 Å². The number of imidazole rings is 1. The lowest BCUT2D eigenvalue weighted by Crippen LogP contribution is -2.19. The molecule has 2 heterocycles. The van der Waals surface area contributed by atoms with Crippen LogP contribution in [0.15, 0.2) is 41.1 Å². The fourth-order valence-electron chi connectivity index (χ4n) is 2.26. The summed E-state index contributed by atoms with van der Waals surface area (Å²) in [4.78, 5) is 12.2. The highest BCUT2D eigenvalue weighted by atomic mass is 16.5. The molecule has 126 valence electrons. The van der Waals surface area contributed by atoms with Crippen LogP contribution in [0.4, 0.5) is 0 Å². The Hall–Kier alpha value is -2.47. The third-order valence-corrected chi connectivity index (χ3v) is 3.76. The maximum absolute atomic E-state index is 5.37. The number of rotatable bonds is 5. The number of benzene rings is 1. The smallest absolute Gasteiger partial charge is 0.243 e. The molecule has 6 heteroatoms. The fourth-order valence-corrected chi connectivity index (χ4v) is 2.26. The van der Waals surface area contributed by atoms with Gasteiger partial charge in [-0.25, -0.2) is 4.98 Å². The van der Waals surface area contributed by atoms with E-state index in [1.165, 1.54) is 0 Å². The van der Waals surface area contributed by atoms with Crippen molar-refractivity contribution in [3.05, 3.63) is 53.9 Å². The minimum Gasteiger partial charge on any atom is -0.341 e. The Morgan fingerprint density at radius 3 is 2.62 bits per heavy atom. The van der Waals surface area contributed by atoms with Gasteiger partial charge < -0.3 is 14.8 Å². The minimum absolute atomic E-state index is 0.0305. The molecule has 1 unspecified atom stereocenters. The van der Waals surface area contributed by atoms with Crippen molar-refractivity contribution >= 4 is 0 Å². The van der Waals surface area contributed by atoms with Gasteiger partial charge in [-0.2, -0.15) is 4.98 Å². The van der Waals surface area contributed by atoms with E-state index in [0.29, 0.717) is 12.4 Å². The highest BCUT2D eigenvalue weighted by molar-refractivity contribution is 5.54. The van der Waals surface area contributed by atoms with Crippen LogP contribution in [0.1, 0.15) is 51.1 Å². The molecule has 0 saturated carbocycles. The summed E-state index contributed by atoms with van der Waals surface area (Å²) < 4.78 is 5.37. The van der Waals surface area contributed by atoms with Gasteiger partial charge in [0.05, 0.1) is 6.04 Å². The van der Waals surface area contributed by atoms with E-state index in [2.05, 4.69) is 46.2 Å². The minimum atomic E-state index is -0.116. The molecule has 0 spiro atoms. The molecule has 6 nitrogen and oxygen atoms in total. The molecule has 0 aliphatic rings. The van der Waals surface area contributed by atoms with Gasteiger partial charge in [0.15, 0.2) is 5.82 Å². The van der Waals surface area contributed by atoms with Crippen LogP contribution in [-0.4, -0.2) is 20.1 Å². The zero-order valence-electron chi connectivity index (χ0n) is 14.5. The predicted molar refractivity (Wildman–Crippen MR) is 92.3 cm³/mol. The van der Waals surface area contributed by atoms with Gasteiger partial charge >= 0.3 is 0 Å². The first kappa shape index (κ1) is 16.4. The summed E-state index contributed by atoms with van der Waals surface area (Å²) in [7, 11) is 0. The molecule has 1 aromatic carbocycles. The summed E-state index contributed by atoms with van der Waals surface area (Å²) in [6.07, 6.45) is 1.84. The SMILES string of the molecule is CC(NCc1cnc(-c2ccccc2)[nH]1)c1nc(C(C)(C)C)no1. The molecule has 0 saturated heterocycles. The molecule has 24 heavy (non-hydrogen) atoms. The summed E-state index contributed by atoms with van der Waals surface area (Å²) in [5, 5.41) is 7.44. The van der Waals surface area contributed by atoms with Crippen molar-refractivity contribution in [2.24, 2.45) is 0 Å². The summed E-state index contributed by atoms with van der Waals surface area (Å²) in [6.45, 7) is 8.85. The van der Waals surface area contributed by atoms with Gasteiger partial charge in [-0.1, -0.05) is 56.3 Å². The monoisotopic (exact) mass is 325 g/mol. The first-order valence-corrected chi connectivity index (χ1v) is 8.10. The van der Waals surface area contributed by atoms with E-state index >= 15 is 0 Å². The third-order valence-electron chi connectivity index (χ3n) is 3.76. The van der Waals surface area contributed by atoms with E-state index in [9.17, 15) is 0 Å². The highest BCUT2D eigenvalue weighted by Crippen LogP contribution is 2.21. The Balaban J connectivity index is 1.62. The summed E-state index contributed by atoms with van der Waals surface area (Å²) in [5.74, 6) is 2.19. The van der Waals surface area contributed by atoms with E-state index in [-0.39, 0.29) is 11.5 Å². The van der Waals surface area contributed by atoms with Gasteiger partial charge in [0.2, 0.25) is 5.89 Å². The van der Waals surface area contributed by atoms with Gasteiger partial charge in [0.1, 0.15) is 5.82 Å². The van der Waals surface area contributed by atoms with Crippen molar-refractivity contribution in [2.75, 3.05) is 0 Å². The molecule has 0 aliphatic carbocycles. The van der Waals surface area contributed by atoms with Crippen molar-refractivity contribution in [1.82, 2.24) is 25.4 Å². The fraction of sp³-hybridized carbons (Fsp3) is 0.389. The number of nitrogens with zero attached hydrogens (tertiary/aromatic N) is 3. The second-order valence-corrected chi connectivity index (χ2v) is 6.93. The van der Waals surface area contributed by atoms with Crippen LogP contribution in [0.3, 0.4) is 0 Å². The van der Waals surface area contributed by atoms with Crippen molar-refractivity contribution in [3.63, 3.8) is 0 Å². The number of hydrogen-bond acceptors (Lipinski definition) is 5. The summed E-state index contributed by atoms with van der Waals surface area (Å²) >= 11 is 0. The largest absolute Gasteiger partial charge is 0.341 e. The number of aromatic nitrogens is 4. The van der Waals surface area contributed by atoms with E-state index in [1.54, 1.807) is 0 Å². The van der Waals surface area contributed by atoms with Crippen molar-refractivity contribution < 1.29 is 4.52 Å². The Morgan fingerprint density at radius 1 is 1.21 bits per heavy atom. The second-order valence-electron chi connectivity index (χ2n) is 6.93. The average molecular weight is 325 g/mol. The molecule has 2 N–H and O–H groups in total. The van der Waals surface area contributed by atoms with Gasteiger partial charge in [-0.15, -0.1) is 0 Å². The van der Waals surface area contributed by atoms with Crippen LogP contribution in [0.2, 0.25) is 0 Å². The molecule has 3 aromatic rings. The van der Waals surface area contributed by atoms with Gasteiger partial charge in [0, 0.05) is 29.4 Å². The first-order valence-electron chi connectivity index (χ1n) is 8.10. The number of H-pyrrole nitrogens is 1. The molecule has 0 fully saturated rings. The molecule has 0 radical (unpaired) electrons. The highest BCUT2D eigenvalue weighted by Gasteiger charge is 2.23. The summed E-state index contributed by atoms with van der Waals surface area (Å²) in [5.41, 5.74) is 1.97. The first-order chi connectivity index (χ1) is 11.4. The lowest BCUT2D eigenvalue weighted by molar-refractivity contribution is 0.330. The lowest BCUT2D eigenvalue weighted by Gasteiger charge is -2.11. The van der Waals surface area contributed by atoms with Crippen LogP contribution >= 0.6 is 0 Å². The van der Waals surface area contributed by atoms with E-state index in [0.717, 1.165) is 22.9 Å². The quantitative estimate of drug-likeness (QED) is 0.749. The Morgan fingerprint density at radius 2 is 1.96 bits per heavy atom. The van der Waals surface area contributed by atoms with Gasteiger partial charge in [0.25, 0.3) is 0 Å². The molecular formula is C18H23N5O. The Bertz CT molecular complexity index is 785. The zero-order chi connectivity index (χ0) is 17.2. The predicted octanol–water partition coefficient (Wildman–Crippen LogP) is 3.61. The van der Waals surface area contributed by atoms with E-state index in [1.807, 2.05) is 43.5 Å². The Kier molecular flexibility index (Phi) is 4.49.